The number of halogens is 1. The fraction of sp³-hybridized carbons (Fsp3) is 0.538. The van der Waals surface area contributed by atoms with Gasteiger partial charge >= 0.3 is 0 Å². The lowest BCUT2D eigenvalue weighted by Crippen LogP contribution is -2.28. The Hall–Kier alpha value is -0.720. The molecule has 2 rings (SSSR count). The predicted octanol–water partition coefficient (Wildman–Crippen LogP) is 3.10. The van der Waals surface area contributed by atoms with Gasteiger partial charge in [-0.15, -0.1) is 11.3 Å². The Bertz CT molecular complexity index is 546. The summed E-state index contributed by atoms with van der Waals surface area (Å²) in [5.74, 6) is 0.988. The Morgan fingerprint density at radius 2 is 2.26 bits per heavy atom. The molecule has 0 saturated carbocycles. The van der Waals surface area contributed by atoms with Crippen LogP contribution in [0.5, 0.6) is 0 Å². The second-order valence-corrected chi connectivity index (χ2v) is 6.83. The number of hydrogen-bond acceptors (Lipinski definition) is 5. The minimum atomic E-state index is 0.289. The van der Waals surface area contributed by atoms with Gasteiger partial charge in [-0.1, -0.05) is 22.9 Å². The SMILES string of the molecule is CCc1cc2c(N(C)CC(Br)COC)ncnc2s1. The zero-order chi connectivity index (χ0) is 13.8. The Morgan fingerprint density at radius 3 is 2.95 bits per heavy atom. The summed E-state index contributed by atoms with van der Waals surface area (Å²) in [7, 11) is 3.76. The van der Waals surface area contributed by atoms with Gasteiger partial charge in [0, 0.05) is 25.6 Å². The lowest BCUT2D eigenvalue weighted by molar-refractivity contribution is 0.201. The predicted molar refractivity (Wildman–Crippen MR) is 84.7 cm³/mol. The molecule has 0 spiro atoms. The number of alkyl halides is 1. The van der Waals surface area contributed by atoms with Crippen LogP contribution in [0.25, 0.3) is 10.2 Å². The van der Waals surface area contributed by atoms with E-state index < -0.39 is 0 Å². The Morgan fingerprint density at radius 1 is 1.47 bits per heavy atom. The van der Waals surface area contributed by atoms with Gasteiger partial charge in [-0.05, 0) is 12.5 Å². The van der Waals surface area contributed by atoms with Crippen LogP contribution in [0.2, 0.25) is 0 Å². The molecule has 0 bridgehead atoms. The molecule has 0 amide bonds. The van der Waals surface area contributed by atoms with E-state index in [1.807, 2.05) is 0 Å². The maximum absolute atomic E-state index is 5.15. The van der Waals surface area contributed by atoms with Crippen molar-refractivity contribution in [3.63, 3.8) is 0 Å². The summed E-state index contributed by atoms with van der Waals surface area (Å²) in [6.07, 6.45) is 2.68. The average molecular weight is 344 g/mol. The fourth-order valence-electron chi connectivity index (χ4n) is 1.99. The Labute approximate surface area is 125 Å². The third-order valence-electron chi connectivity index (χ3n) is 2.89. The van der Waals surface area contributed by atoms with Gasteiger partial charge in [0.2, 0.25) is 0 Å². The molecule has 0 aliphatic heterocycles. The summed E-state index contributed by atoms with van der Waals surface area (Å²) in [4.78, 5) is 13.6. The van der Waals surface area contributed by atoms with E-state index in [1.54, 1.807) is 24.8 Å². The molecule has 0 aromatic carbocycles. The molecule has 0 radical (unpaired) electrons. The zero-order valence-electron chi connectivity index (χ0n) is 11.4. The topological polar surface area (TPSA) is 38.2 Å². The number of methoxy groups -OCH3 is 1. The van der Waals surface area contributed by atoms with Crippen LogP contribution in [-0.4, -0.2) is 42.1 Å². The van der Waals surface area contributed by atoms with E-state index in [-0.39, 0.29) is 4.83 Å². The third-order valence-corrected chi connectivity index (χ3v) is 4.63. The molecule has 0 saturated heterocycles. The highest BCUT2D eigenvalue weighted by atomic mass is 79.9. The first-order valence-corrected chi connectivity index (χ1v) is 7.96. The van der Waals surface area contributed by atoms with Crippen molar-refractivity contribution < 1.29 is 4.74 Å². The monoisotopic (exact) mass is 343 g/mol. The molecule has 1 unspecified atom stereocenters. The van der Waals surface area contributed by atoms with E-state index >= 15 is 0 Å². The van der Waals surface area contributed by atoms with Crippen LogP contribution < -0.4 is 4.90 Å². The smallest absolute Gasteiger partial charge is 0.140 e. The van der Waals surface area contributed by atoms with Crippen LogP contribution in [0.1, 0.15) is 11.8 Å². The van der Waals surface area contributed by atoms with Crippen LogP contribution in [0, 0.1) is 0 Å². The van der Waals surface area contributed by atoms with Gasteiger partial charge in [0.25, 0.3) is 0 Å². The van der Waals surface area contributed by atoms with Crippen LogP contribution in [0.15, 0.2) is 12.4 Å². The molecule has 6 heteroatoms. The molecule has 1 atom stereocenters. The summed E-state index contributed by atoms with van der Waals surface area (Å²) in [6, 6.07) is 2.20. The molecule has 0 N–H and O–H groups in total. The van der Waals surface area contributed by atoms with E-state index in [9.17, 15) is 0 Å². The molecule has 2 aromatic rings. The molecule has 19 heavy (non-hydrogen) atoms. The second-order valence-electron chi connectivity index (χ2n) is 4.42. The zero-order valence-corrected chi connectivity index (χ0v) is 13.8. The van der Waals surface area contributed by atoms with E-state index in [2.05, 4.69) is 50.8 Å². The number of aromatic nitrogens is 2. The standard InChI is InChI=1S/C13H18BrN3OS/c1-4-10-5-11-12(15-8-16-13(11)19-10)17(2)6-9(14)7-18-3/h5,8-9H,4,6-7H2,1-3H3. The lowest BCUT2D eigenvalue weighted by atomic mass is 10.3. The first-order valence-electron chi connectivity index (χ1n) is 6.23. The van der Waals surface area contributed by atoms with Crippen molar-refractivity contribution in [2.45, 2.75) is 18.2 Å². The van der Waals surface area contributed by atoms with Gasteiger partial charge in [0.15, 0.2) is 0 Å². The van der Waals surface area contributed by atoms with Gasteiger partial charge in [-0.25, -0.2) is 9.97 Å². The molecular weight excluding hydrogens is 326 g/mol. The highest BCUT2D eigenvalue weighted by Gasteiger charge is 2.14. The van der Waals surface area contributed by atoms with Crippen LogP contribution >= 0.6 is 27.3 Å². The summed E-state index contributed by atoms with van der Waals surface area (Å²) >= 11 is 5.36. The fourth-order valence-corrected chi connectivity index (χ4v) is 3.62. The molecule has 0 fully saturated rings. The molecule has 104 valence electrons. The van der Waals surface area contributed by atoms with E-state index in [0.29, 0.717) is 6.61 Å². The Kier molecular flexibility index (Phi) is 5.13. The van der Waals surface area contributed by atoms with Gasteiger partial charge in [-0.3, -0.25) is 0 Å². The van der Waals surface area contributed by atoms with Crippen LogP contribution in [0.4, 0.5) is 5.82 Å². The van der Waals surface area contributed by atoms with Crippen LogP contribution in [0.3, 0.4) is 0 Å². The average Bonchev–Trinajstić information content (AvgIpc) is 2.81. The van der Waals surface area contributed by atoms with Crippen molar-refractivity contribution in [2.75, 3.05) is 32.2 Å². The summed E-state index contributed by atoms with van der Waals surface area (Å²) in [5, 5.41) is 1.14. The van der Waals surface area contributed by atoms with E-state index in [4.69, 9.17) is 4.74 Å². The van der Waals surface area contributed by atoms with Gasteiger partial charge in [-0.2, -0.15) is 0 Å². The second kappa shape index (κ2) is 6.63. The van der Waals surface area contributed by atoms with Crippen molar-refractivity contribution in [3.8, 4) is 0 Å². The number of rotatable bonds is 6. The third kappa shape index (κ3) is 3.43. The summed E-state index contributed by atoms with van der Waals surface area (Å²) in [5.41, 5.74) is 0. The first-order chi connectivity index (χ1) is 9.15. The molecule has 4 nitrogen and oxygen atoms in total. The minimum absolute atomic E-state index is 0.289. The molecule has 0 aliphatic carbocycles. The molecule has 2 heterocycles. The molecule has 0 aliphatic rings. The van der Waals surface area contributed by atoms with Crippen molar-refractivity contribution in [2.24, 2.45) is 0 Å². The number of hydrogen-bond donors (Lipinski definition) is 0. The normalized spacial score (nSPS) is 12.8. The highest BCUT2D eigenvalue weighted by molar-refractivity contribution is 9.09. The maximum Gasteiger partial charge on any atom is 0.140 e. The largest absolute Gasteiger partial charge is 0.383 e. The van der Waals surface area contributed by atoms with Crippen LogP contribution in [-0.2, 0) is 11.2 Å². The number of ether oxygens (including phenoxy) is 1. The number of anilines is 1. The summed E-state index contributed by atoms with van der Waals surface area (Å²) in [6.45, 7) is 3.69. The first kappa shape index (κ1) is 14.7. The Balaban J connectivity index is 2.25. The van der Waals surface area contributed by atoms with Crippen molar-refractivity contribution >= 4 is 43.3 Å². The highest BCUT2D eigenvalue weighted by Crippen LogP contribution is 2.30. The summed E-state index contributed by atoms with van der Waals surface area (Å²) < 4.78 is 5.15. The molecule has 2 aromatic heterocycles. The van der Waals surface area contributed by atoms with Gasteiger partial charge in [0.1, 0.15) is 17.0 Å². The van der Waals surface area contributed by atoms with Gasteiger partial charge < -0.3 is 9.64 Å². The number of thiophene rings is 1. The number of fused-ring (bicyclic) bond motifs is 1. The van der Waals surface area contributed by atoms with Crippen molar-refractivity contribution in [1.82, 2.24) is 9.97 Å². The van der Waals surface area contributed by atoms with Crippen molar-refractivity contribution in [3.05, 3.63) is 17.3 Å². The number of aryl methyl sites for hydroxylation is 1. The molecular formula is C13H18BrN3OS. The lowest BCUT2D eigenvalue weighted by Gasteiger charge is -2.21. The van der Waals surface area contributed by atoms with E-state index in [0.717, 1.165) is 29.0 Å². The number of nitrogens with zero attached hydrogens (tertiary/aromatic N) is 3. The van der Waals surface area contributed by atoms with Crippen molar-refractivity contribution in [1.29, 1.82) is 0 Å². The quantitative estimate of drug-likeness (QED) is 0.755. The minimum Gasteiger partial charge on any atom is -0.383 e. The maximum atomic E-state index is 5.15. The van der Waals surface area contributed by atoms with E-state index in [1.165, 1.54) is 4.88 Å². The van der Waals surface area contributed by atoms with Gasteiger partial charge in [0.05, 0.1) is 16.8 Å².